The zero-order valence-electron chi connectivity index (χ0n) is 12.2. The minimum Gasteiger partial charge on any atom is -0.395 e. The lowest BCUT2D eigenvalue weighted by atomic mass is 9.98. The van der Waals surface area contributed by atoms with Crippen molar-refractivity contribution >= 4 is 0 Å². The van der Waals surface area contributed by atoms with Crippen molar-refractivity contribution in [1.29, 1.82) is 0 Å². The molecule has 1 saturated heterocycles. The highest BCUT2D eigenvalue weighted by molar-refractivity contribution is 4.92. The van der Waals surface area contributed by atoms with E-state index in [1.165, 1.54) is 12.8 Å². The van der Waals surface area contributed by atoms with Gasteiger partial charge in [-0.05, 0) is 40.5 Å². The molecule has 4 heteroatoms. The third kappa shape index (κ3) is 4.19. The highest BCUT2D eigenvalue weighted by Crippen LogP contribution is 2.28. The van der Waals surface area contributed by atoms with Gasteiger partial charge in [-0.25, -0.2) is 0 Å². The third-order valence-corrected chi connectivity index (χ3v) is 3.51. The second-order valence-corrected chi connectivity index (χ2v) is 7.11. The van der Waals surface area contributed by atoms with Crippen molar-refractivity contribution in [2.24, 2.45) is 0 Å². The van der Waals surface area contributed by atoms with Crippen molar-refractivity contribution in [3.8, 4) is 0 Å². The molecule has 2 N–H and O–H groups in total. The van der Waals surface area contributed by atoms with Crippen molar-refractivity contribution in [2.45, 2.75) is 63.8 Å². The SMILES string of the molecule is CC1(C)CN(CC(CO)NC2CC2)CC(C)(C)O1. The Hall–Kier alpha value is -0.160. The van der Waals surface area contributed by atoms with Crippen molar-refractivity contribution < 1.29 is 9.84 Å². The van der Waals surface area contributed by atoms with Crippen LogP contribution in [0.1, 0.15) is 40.5 Å². The number of hydrogen-bond donors (Lipinski definition) is 2. The summed E-state index contributed by atoms with van der Waals surface area (Å²) >= 11 is 0. The Kier molecular flexibility index (Phi) is 4.02. The van der Waals surface area contributed by atoms with Gasteiger partial charge < -0.3 is 15.2 Å². The Bertz CT molecular complexity index is 272. The van der Waals surface area contributed by atoms with Crippen LogP contribution in [0, 0.1) is 0 Å². The van der Waals surface area contributed by atoms with E-state index in [0.29, 0.717) is 6.04 Å². The van der Waals surface area contributed by atoms with Crippen molar-refractivity contribution in [2.75, 3.05) is 26.2 Å². The van der Waals surface area contributed by atoms with Gasteiger partial charge in [0.25, 0.3) is 0 Å². The summed E-state index contributed by atoms with van der Waals surface area (Å²) in [4.78, 5) is 2.42. The molecular formula is C14H28N2O2. The first-order valence-corrected chi connectivity index (χ1v) is 7.09. The van der Waals surface area contributed by atoms with Gasteiger partial charge in [-0.2, -0.15) is 0 Å². The van der Waals surface area contributed by atoms with Gasteiger partial charge in [-0.3, -0.25) is 4.90 Å². The molecule has 2 fully saturated rings. The van der Waals surface area contributed by atoms with Gasteiger partial charge >= 0.3 is 0 Å². The summed E-state index contributed by atoms with van der Waals surface area (Å²) in [6.07, 6.45) is 2.52. The Morgan fingerprint density at radius 3 is 2.22 bits per heavy atom. The molecule has 1 saturated carbocycles. The van der Waals surface area contributed by atoms with Gasteiger partial charge in [0.05, 0.1) is 17.8 Å². The lowest BCUT2D eigenvalue weighted by Crippen LogP contribution is -2.59. The van der Waals surface area contributed by atoms with Gasteiger partial charge in [-0.1, -0.05) is 0 Å². The average Bonchev–Trinajstić information content (AvgIpc) is 2.95. The van der Waals surface area contributed by atoms with Crippen LogP contribution in [0.4, 0.5) is 0 Å². The van der Waals surface area contributed by atoms with Gasteiger partial charge in [-0.15, -0.1) is 0 Å². The Labute approximate surface area is 111 Å². The van der Waals surface area contributed by atoms with Crippen LogP contribution in [0.2, 0.25) is 0 Å². The van der Waals surface area contributed by atoms with Crippen molar-refractivity contribution in [3.05, 3.63) is 0 Å². The van der Waals surface area contributed by atoms with Crippen LogP contribution in [0.25, 0.3) is 0 Å². The quantitative estimate of drug-likeness (QED) is 0.770. The minimum atomic E-state index is -0.110. The van der Waals surface area contributed by atoms with Gasteiger partial charge in [0.2, 0.25) is 0 Å². The lowest BCUT2D eigenvalue weighted by molar-refractivity contribution is -0.181. The third-order valence-electron chi connectivity index (χ3n) is 3.51. The molecule has 0 amide bonds. The monoisotopic (exact) mass is 256 g/mol. The van der Waals surface area contributed by atoms with E-state index in [2.05, 4.69) is 37.9 Å². The normalized spacial score (nSPS) is 29.2. The maximum Gasteiger partial charge on any atom is 0.0760 e. The summed E-state index contributed by atoms with van der Waals surface area (Å²) in [6.45, 7) is 11.6. The average molecular weight is 256 g/mol. The van der Waals surface area contributed by atoms with Crippen LogP contribution >= 0.6 is 0 Å². The topological polar surface area (TPSA) is 44.7 Å². The predicted octanol–water partition coefficient (Wildman–Crippen LogP) is 0.989. The number of nitrogens with one attached hydrogen (secondary N) is 1. The zero-order chi connectivity index (χ0) is 13.4. The number of hydrogen-bond acceptors (Lipinski definition) is 4. The van der Waals surface area contributed by atoms with Gasteiger partial charge in [0.15, 0.2) is 0 Å². The van der Waals surface area contributed by atoms with E-state index in [1.807, 2.05) is 0 Å². The first-order chi connectivity index (χ1) is 8.30. The summed E-state index contributed by atoms with van der Waals surface area (Å²) in [5.74, 6) is 0. The predicted molar refractivity (Wildman–Crippen MR) is 72.7 cm³/mol. The van der Waals surface area contributed by atoms with Crippen LogP contribution in [0.15, 0.2) is 0 Å². The number of ether oxygens (including phenoxy) is 1. The van der Waals surface area contributed by atoms with E-state index >= 15 is 0 Å². The lowest BCUT2D eigenvalue weighted by Gasteiger charge is -2.48. The van der Waals surface area contributed by atoms with E-state index < -0.39 is 0 Å². The number of nitrogens with zero attached hydrogens (tertiary/aromatic N) is 1. The first-order valence-electron chi connectivity index (χ1n) is 7.09. The molecule has 18 heavy (non-hydrogen) atoms. The summed E-state index contributed by atoms with van der Waals surface area (Å²) in [5, 5.41) is 13.0. The Morgan fingerprint density at radius 2 is 1.78 bits per heavy atom. The maximum atomic E-state index is 9.47. The highest BCUT2D eigenvalue weighted by atomic mass is 16.5. The fourth-order valence-corrected chi connectivity index (χ4v) is 3.13. The molecular weight excluding hydrogens is 228 g/mol. The smallest absolute Gasteiger partial charge is 0.0760 e. The molecule has 1 aliphatic heterocycles. The first kappa shape index (κ1) is 14.3. The summed E-state index contributed by atoms with van der Waals surface area (Å²) in [7, 11) is 0. The van der Waals surface area contributed by atoms with Crippen molar-refractivity contribution in [1.82, 2.24) is 10.2 Å². The number of morpholine rings is 1. The molecule has 0 radical (unpaired) electrons. The van der Waals surface area contributed by atoms with E-state index in [1.54, 1.807) is 0 Å². The highest BCUT2D eigenvalue weighted by Gasteiger charge is 2.38. The van der Waals surface area contributed by atoms with E-state index in [4.69, 9.17) is 4.74 Å². The molecule has 0 aromatic carbocycles. The molecule has 0 aromatic heterocycles. The number of rotatable bonds is 5. The summed E-state index contributed by atoms with van der Waals surface area (Å²) < 4.78 is 6.08. The molecule has 106 valence electrons. The fourth-order valence-electron chi connectivity index (χ4n) is 3.13. The van der Waals surface area contributed by atoms with Gasteiger partial charge in [0.1, 0.15) is 0 Å². The molecule has 1 heterocycles. The molecule has 1 atom stereocenters. The van der Waals surface area contributed by atoms with Crippen LogP contribution in [-0.2, 0) is 4.74 Å². The molecule has 0 aromatic rings. The Morgan fingerprint density at radius 1 is 1.22 bits per heavy atom. The number of aliphatic hydroxyl groups is 1. The summed E-state index contributed by atoms with van der Waals surface area (Å²) in [6, 6.07) is 0.839. The van der Waals surface area contributed by atoms with Crippen molar-refractivity contribution in [3.63, 3.8) is 0 Å². The molecule has 4 nitrogen and oxygen atoms in total. The molecule has 0 bridgehead atoms. The summed E-state index contributed by atoms with van der Waals surface area (Å²) in [5.41, 5.74) is -0.220. The second kappa shape index (κ2) is 5.08. The molecule has 2 rings (SSSR count). The molecule has 1 aliphatic carbocycles. The number of aliphatic hydroxyl groups excluding tert-OH is 1. The van der Waals surface area contributed by atoms with Gasteiger partial charge in [0, 0.05) is 31.7 Å². The molecule has 1 unspecified atom stereocenters. The maximum absolute atomic E-state index is 9.47. The van der Waals surface area contributed by atoms with Crippen LogP contribution < -0.4 is 5.32 Å². The molecule has 0 spiro atoms. The Balaban J connectivity index is 1.90. The minimum absolute atomic E-state index is 0.110. The van der Waals surface area contributed by atoms with E-state index in [-0.39, 0.29) is 23.9 Å². The molecule has 2 aliphatic rings. The van der Waals surface area contributed by atoms with Crippen LogP contribution in [-0.4, -0.2) is 59.5 Å². The standard InChI is InChI=1S/C14H28N2O2/c1-13(2)9-16(10-14(3,4)18-13)7-12(8-17)15-11-5-6-11/h11-12,15,17H,5-10H2,1-4H3. The fraction of sp³-hybridized carbons (Fsp3) is 1.00. The second-order valence-electron chi connectivity index (χ2n) is 7.11. The van der Waals surface area contributed by atoms with E-state index in [0.717, 1.165) is 19.6 Å². The largest absolute Gasteiger partial charge is 0.395 e. The van der Waals surface area contributed by atoms with Crippen LogP contribution in [0.3, 0.4) is 0 Å². The van der Waals surface area contributed by atoms with E-state index in [9.17, 15) is 5.11 Å². The van der Waals surface area contributed by atoms with Crippen LogP contribution in [0.5, 0.6) is 0 Å². The zero-order valence-corrected chi connectivity index (χ0v) is 12.2.